The number of hydrogen-bond donors (Lipinski definition) is 1. The van der Waals surface area contributed by atoms with Crippen molar-refractivity contribution in [1.29, 1.82) is 0 Å². The van der Waals surface area contributed by atoms with Gasteiger partial charge in [0.1, 0.15) is 16.9 Å². The predicted octanol–water partition coefficient (Wildman–Crippen LogP) is 3.90. The summed E-state index contributed by atoms with van der Waals surface area (Å²) < 4.78 is 0. The van der Waals surface area contributed by atoms with Crippen LogP contribution in [0.25, 0.3) is 0 Å². The Kier molecular flexibility index (Phi) is 6.18. The van der Waals surface area contributed by atoms with Crippen molar-refractivity contribution in [3.63, 3.8) is 0 Å². The van der Waals surface area contributed by atoms with Crippen molar-refractivity contribution in [2.24, 2.45) is 5.92 Å². The normalized spacial score (nSPS) is 21.2. The Morgan fingerprint density at radius 1 is 1.31 bits per heavy atom. The second-order valence-corrected chi connectivity index (χ2v) is 8.30. The molecule has 5 nitrogen and oxygen atoms in total. The van der Waals surface area contributed by atoms with E-state index in [1.807, 2.05) is 32.9 Å². The molecule has 1 heterocycles. The van der Waals surface area contributed by atoms with Gasteiger partial charge in [0.15, 0.2) is 5.78 Å². The Bertz CT molecular complexity index is 949. The van der Waals surface area contributed by atoms with Crippen LogP contribution in [0, 0.1) is 26.7 Å². The molecule has 2 aromatic rings. The van der Waals surface area contributed by atoms with Crippen LogP contribution >= 0.6 is 11.6 Å². The quantitative estimate of drug-likeness (QED) is 0.443. The number of carbonyl (C=O) groups is 3. The maximum absolute atomic E-state index is 12.9. The third kappa shape index (κ3) is 4.10. The number of halogens is 1. The summed E-state index contributed by atoms with van der Waals surface area (Å²) >= 11 is 5.95. The van der Waals surface area contributed by atoms with Crippen molar-refractivity contribution < 1.29 is 14.4 Å². The van der Waals surface area contributed by atoms with Gasteiger partial charge in [-0.05, 0) is 68.4 Å². The summed E-state index contributed by atoms with van der Waals surface area (Å²) in [7, 11) is 0. The van der Waals surface area contributed by atoms with Crippen LogP contribution in [0.3, 0.4) is 0 Å². The van der Waals surface area contributed by atoms with E-state index in [4.69, 9.17) is 11.6 Å². The molecular weight excluding hydrogens is 388 g/mol. The molecule has 1 N–H and O–H groups in total. The fraction of sp³-hybridized carbons (Fsp3) is 0.391. The predicted molar refractivity (Wildman–Crippen MR) is 112 cm³/mol. The van der Waals surface area contributed by atoms with Crippen LogP contribution in [0.4, 0.5) is 0 Å². The highest BCUT2D eigenvalue weighted by Crippen LogP contribution is 2.44. The molecule has 1 aliphatic rings. The average molecular weight is 413 g/mol. The van der Waals surface area contributed by atoms with E-state index in [2.05, 4.69) is 10.3 Å². The minimum absolute atomic E-state index is 0.0332. The lowest BCUT2D eigenvalue weighted by molar-refractivity contribution is -0.127. The Morgan fingerprint density at radius 3 is 2.62 bits per heavy atom. The fourth-order valence-corrected chi connectivity index (χ4v) is 4.83. The lowest BCUT2D eigenvalue weighted by atomic mass is 9.74. The van der Waals surface area contributed by atoms with Gasteiger partial charge in [-0.25, -0.2) is 4.98 Å². The Hall–Kier alpha value is -2.53. The molecule has 0 bridgehead atoms. The van der Waals surface area contributed by atoms with Crippen molar-refractivity contribution in [1.82, 2.24) is 10.3 Å². The van der Waals surface area contributed by atoms with Gasteiger partial charge in [0.25, 0.3) is 5.91 Å². The molecule has 1 fully saturated rings. The summed E-state index contributed by atoms with van der Waals surface area (Å²) in [5.74, 6) is -0.286. The topological polar surface area (TPSA) is 76.1 Å². The van der Waals surface area contributed by atoms with E-state index in [0.717, 1.165) is 28.5 Å². The van der Waals surface area contributed by atoms with Gasteiger partial charge >= 0.3 is 0 Å². The first-order valence-corrected chi connectivity index (χ1v) is 10.1. The number of amides is 1. The molecular formula is C23H25ClN2O3. The third-order valence-corrected chi connectivity index (χ3v) is 6.05. The van der Waals surface area contributed by atoms with E-state index >= 15 is 0 Å². The van der Waals surface area contributed by atoms with Gasteiger partial charge < -0.3 is 10.1 Å². The first-order chi connectivity index (χ1) is 13.8. The first-order valence-electron chi connectivity index (χ1n) is 9.75. The molecule has 1 aromatic carbocycles. The number of benzene rings is 1. The van der Waals surface area contributed by atoms with Crippen LogP contribution in [-0.4, -0.2) is 29.5 Å². The SMILES string of the molecule is Cc1cc(C)c(C2(C=O)CC(CCNC(=O)c3cccnc3Cl)CC2=O)c(C)c1. The highest BCUT2D eigenvalue weighted by molar-refractivity contribution is 6.32. The number of nitrogens with zero attached hydrogens (tertiary/aromatic N) is 1. The summed E-state index contributed by atoms with van der Waals surface area (Å²) in [6.07, 6.45) is 3.79. The molecule has 0 spiro atoms. The van der Waals surface area contributed by atoms with E-state index in [0.29, 0.717) is 31.4 Å². The molecule has 1 amide bonds. The number of hydrogen-bond acceptors (Lipinski definition) is 4. The summed E-state index contributed by atoms with van der Waals surface area (Å²) in [6.45, 7) is 6.33. The first kappa shape index (κ1) is 21.2. The molecule has 6 heteroatoms. The number of pyridine rings is 1. The van der Waals surface area contributed by atoms with Gasteiger partial charge in [0.2, 0.25) is 0 Å². The number of carbonyl (C=O) groups excluding carboxylic acids is 3. The molecule has 1 aromatic heterocycles. The Labute approximate surface area is 175 Å². The molecule has 0 radical (unpaired) electrons. The van der Waals surface area contributed by atoms with Crippen molar-refractivity contribution in [2.75, 3.05) is 6.54 Å². The number of Topliss-reactive ketones (excluding diaryl/α,β-unsaturated/α-hetero) is 1. The second kappa shape index (κ2) is 8.46. The van der Waals surface area contributed by atoms with E-state index < -0.39 is 5.41 Å². The Morgan fingerprint density at radius 2 is 2.00 bits per heavy atom. The molecule has 1 aliphatic carbocycles. The van der Waals surface area contributed by atoms with Crippen LogP contribution in [0.1, 0.15) is 51.9 Å². The van der Waals surface area contributed by atoms with Gasteiger partial charge in [-0.1, -0.05) is 29.3 Å². The zero-order valence-electron chi connectivity index (χ0n) is 16.9. The molecule has 0 saturated heterocycles. The van der Waals surface area contributed by atoms with E-state index in [1.165, 1.54) is 6.20 Å². The number of aldehydes is 1. The minimum atomic E-state index is -1.08. The van der Waals surface area contributed by atoms with Gasteiger partial charge in [-0.15, -0.1) is 0 Å². The van der Waals surface area contributed by atoms with Gasteiger partial charge in [-0.2, -0.15) is 0 Å². The molecule has 2 unspecified atom stereocenters. The minimum Gasteiger partial charge on any atom is -0.352 e. The average Bonchev–Trinajstić information content (AvgIpc) is 2.97. The number of aryl methyl sites for hydroxylation is 3. The standard InChI is InChI=1S/C23H25ClN2O3/c1-14-9-15(2)20(16(3)10-14)23(13-27)12-17(11-19(23)28)6-8-26-22(29)18-5-4-7-25-21(18)24/h4-5,7,9-10,13,17H,6,8,11-12H2,1-3H3,(H,26,29). The highest BCUT2D eigenvalue weighted by atomic mass is 35.5. The lowest BCUT2D eigenvalue weighted by Gasteiger charge is -2.26. The molecule has 1 saturated carbocycles. The van der Waals surface area contributed by atoms with E-state index in [9.17, 15) is 14.4 Å². The van der Waals surface area contributed by atoms with E-state index in [-0.39, 0.29) is 22.8 Å². The zero-order chi connectivity index (χ0) is 21.2. The lowest BCUT2D eigenvalue weighted by Crippen LogP contribution is -2.34. The van der Waals surface area contributed by atoms with Crippen LogP contribution in [0.5, 0.6) is 0 Å². The Balaban J connectivity index is 1.70. The summed E-state index contributed by atoms with van der Waals surface area (Å²) in [5, 5.41) is 2.99. The molecule has 2 atom stereocenters. The van der Waals surface area contributed by atoms with Crippen LogP contribution in [-0.2, 0) is 15.0 Å². The van der Waals surface area contributed by atoms with Gasteiger partial charge in [0.05, 0.1) is 5.56 Å². The van der Waals surface area contributed by atoms with Crippen molar-refractivity contribution in [3.8, 4) is 0 Å². The molecule has 3 rings (SSSR count). The van der Waals surface area contributed by atoms with Crippen LogP contribution in [0.2, 0.25) is 5.15 Å². The van der Waals surface area contributed by atoms with E-state index in [1.54, 1.807) is 12.1 Å². The fourth-order valence-electron chi connectivity index (χ4n) is 4.63. The molecule has 0 aliphatic heterocycles. The summed E-state index contributed by atoms with van der Waals surface area (Å²) in [4.78, 5) is 41.3. The number of ketones is 1. The molecule has 152 valence electrons. The zero-order valence-corrected chi connectivity index (χ0v) is 17.7. The van der Waals surface area contributed by atoms with Crippen molar-refractivity contribution in [2.45, 2.75) is 45.4 Å². The monoisotopic (exact) mass is 412 g/mol. The number of aromatic nitrogens is 1. The third-order valence-electron chi connectivity index (χ3n) is 5.75. The van der Waals surface area contributed by atoms with Gasteiger partial charge in [-0.3, -0.25) is 9.59 Å². The molecule has 29 heavy (non-hydrogen) atoms. The number of nitrogens with one attached hydrogen (secondary N) is 1. The summed E-state index contributed by atoms with van der Waals surface area (Å²) in [6, 6.07) is 7.31. The van der Waals surface area contributed by atoms with Crippen LogP contribution < -0.4 is 5.32 Å². The van der Waals surface area contributed by atoms with Crippen LogP contribution in [0.15, 0.2) is 30.5 Å². The largest absolute Gasteiger partial charge is 0.352 e. The van der Waals surface area contributed by atoms with Gasteiger partial charge in [0, 0.05) is 19.2 Å². The number of rotatable bonds is 6. The maximum Gasteiger partial charge on any atom is 0.254 e. The van der Waals surface area contributed by atoms with Crippen molar-refractivity contribution in [3.05, 3.63) is 63.4 Å². The second-order valence-electron chi connectivity index (χ2n) is 7.95. The smallest absolute Gasteiger partial charge is 0.254 e. The van der Waals surface area contributed by atoms with Crippen molar-refractivity contribution >= 4 is 29.6 Å². The maximum atomic E-state index is 12.9. The highest BCUT2D eigenvalue weighted by Gasteiger charge is 2.49. The summed E-state index contributed by atoms with van der Waals surface area (Å²) in [5.41, 5.74) is 3.15.